The Balaban J connectivity index is 2.56. The van der Waals surface area contributed by atoms with Gasteiger partial charge >= 0.3 is 0 Å². The standard InChI is InChI=1S/C17H16FNO2/c1-11-3-4-13(9-16(11)21-2)15(10-17(19)20)12-5-7-14(18)8-6-12/h3-10H,1-2H3,(H2,19,20)/b15-10+. The van der Waals surface area contributed by atoms with Gasteiger partial charge in [-0.3, -0.25) is 4.79 Å². The number of hydrogen-bond donors (Lipinski definition) is 1. The van der Waals surface area contributed by atoms with Crippen molar-refractivity contribution < 1.29 is 13.9 Å². The van der Waals surface area contributed by atoms with E-state index in [1.54, 1.807) is 19.2 Å². The second-order valence-electron chi connectivity index (χ2n) is 4.65. The molecule has 0 aliphatic rings. The van der Waals surface area contributed by atoms with E-state index >= 15 is 0 Å². The molecule has 0 aliphatic carbocycles. The Labute approximate surface area is 122 Å². The van der Waals surface area contributed by atoms with Gasteiger partial charge in [-0.1, -0.05) is 24.3 Å². The van der Waals surface area contributed by atoms with Crippen LogP contribution in [0.3, 0.4) is 0 Å². The first-order valence-corrected chi connectivity index (χ1v) is 6.43. The van der Waals surface area contributed by atoms with Gasteiger partial charge in [-0.25, -0.2) is 4.39 Å². The molecular weight excluding hydrogens is 269 g/mol. The third kappa shape index (κ3) is 3.48. The van der Waals surface area contributed by atoms with Crippen LogP contribution in [-0.4, -0.2) is 13.0 Å². The van der Waals surface area contributed by atoms with E-state index in [0.29, 0.717) is 16.9 Å². The summed E-state index contributed by atoms with van der Waals surface area (Å²) >= 11 is 0. The van der Waals surface area contributed by atoms with Crippen LogP contribution in [0, 0.1) is 12.7 Å². The van der Waals surface area contributed by atoms with E-state index < -0.39 is 5.91 Å². The molecule has 0 radical (unpaired) electrons. The number of amides is 1. The SMILES string of the molecule is COc1cc(/C(=C/C(N)=O)c2ccc(F)cc2)ccc1C. The normalized spacial score (nSPS) is 11.3. The van der Waals surface area contributed by atoms with E-state index in [2.05, 4.69) is 0 Å². The molecule has 0 spiro atoms. The summed E-state index contributed by atoms with van der Waals surface area (Å²) in [7, 11) is 1.58. The van der Waals surface area contributed by atoms with Gasteiger partial charge in [0.1, 0.15) is 11.6 Å². The molecule has 0 aliphatic heterocycles. The minimum Gasteiger partial charge on any atom is -0.496 e. The number of methoxy groups -OCH3 is 1. The zero-order chi connectivity index (χ0) is 15.4. The van der Waals surface area contributed by atoms with E-state index in [0.717, 1.165) is 11.1 Å². The van der Waals surface area contributed by atoms with Crippen molar-refractivity contribution in [3.63, 3.8) is 0 Å². The van der Waals surface area contributed by atoms with Crippen molar-refractivity contribution in [2.45, 2.75) is 6.92 Å². The molecule has 0 fully saturated rings. The topological polar surface area (TPSA) is 52.3 Å². The van der Waals surface area contributed by atoms with Crippen LogP contribution in [0.4, 0.5) is 4.39 Å². The van der Waals surface area contributed by atoms with Gasteiger partial charge in [0.2, 0.25) is 5.91 Å². The number of aryl methyl sites for hydroxylation is 1. The molecule has 1 amide bonds. The lowest BCUT2D eigenvalue weighted by Gasteiger charge is -2.11. The van der Waals surface area contributed by atoms with E-state index in [4.69, 9.17) is 10.5 Å². The van der Waals surface area contributed by atoms with Gasteiger partial charge in [0, 0.05) is 6.08 Å². The molecule has 0 unspecified atom stereocenters. The molecule has 0 saturated heterocycles. The number of carbonyl (C=O) groups is 1. The van der Waals surface area contributed by atoms with Gasteiger partial charge in [0.15, 0.2) is 0 Å². The minimum absolute atomic E-state index is 0.335. The first-order chi connectivity index (χ1) is 10.0. The van der Waals surface area contributed by atoms with Crippen LogP contribution in [0.15, 0.2) is 48.5 Å². The summed E-state index contributed by atoms with van der Waals surface area (Å²) in [4.78, 5) is 11.3. The minimum atomic E-state index is -0.561. The van der Waals surface area contributed by atoms with Gasteiger partial charge in [0.25, 0.3) is 0 Å². The zero-order valence-electron chi connectivity index (χ0n) is 11.9. The fourth-order valence-corrected chi connectivity index (χ4v) is 2.09. The number of ether oxygens (including phenoxy) is 1. The maximum absolute atomic E-state index is 13.1. The third-order valence-corrected chi connectivity index (χ3v) is 3.16. The van der Waals surface area contributed by atoms with E-state index in [9.17, 15) is 9.18 Å². The summed E-state index contributed by atoms with van der Waals surface area (Å²) in [5.74, 6) is -0.183. The summed E-state index contributed by atoms with van der Waals surface area (Å²) in [6.45, 7) is 1.93. The number of rotatable bonds is 4. The Bertz CT molecular complexity index is 690. The number of halogens is 1. The maximum atomic E-state index is 13.1. The van der Waals surface area contributed by atoms with Crippen molar-refractivity contribution in [3.8, 4) is 5.75 Å². The predicted molar refractivity (Wildman–Crippen MR) is 80.4 cm³/mol. The second-order valence-corrected chi connectivity index (χ2v) is 4.65. The highest BCUT2D eigenvalue weighted by molar-refractivity contribution is 5.98. The average molecular weight is 285 g/mol. The number of nitrogens with two attached hydrogens (primary N) is 1. The van der Waals surface area contributed by atoms with Gasteiger partial charge in [-0.2, -0.15) is 0 Å². The fraction of sp³-hybridized carbons (Fsp3) is 0.118. The molecular formula is C17H16FNO2. The van der Waals surface area contributed by atoms with Crippen molar-refractivity contribution in [1.29, 1.82) is 0 Å². The number of benzene rings is 2. The molecule has 4 heteroatoms. The van der Waals surface area contributed by atoms with Crippen LogP contribution in [0.1, 0.15) is 16.7 Å². The Kier molecular flexibility index (Phi) is 4.38. The molecule has 2 N–H and O–H groups in total. The summed E-state index contributed by atoms with van der Waals surface area (Å²) in [6, 6.07) is 11.5. The first-order valence-electron chi connectivity index (χ1n) is 6.43. The Morgan fingerprint density at radius 1 is 1.14 bits per heavy atom. The highest BCUT2D eigenvalue weighted by Crippen LogP contribution is 2.28. The summed E-state index contributed by atoms with van der Waals surface area (Å²) in [5.41, 5.74) is 8.38. The van der Waals surface area contributed by atoms with Crippen molar-refractivity contribution >= 4 is 11.5 Å². The Hall–Kier alpha value is -2.62. The number of hydrogen-bond acceptors (Lipinski definition) is 2. The summed E-state index contributed by atoms with van der Waals surface area (Å²) in [5, 5.41) is 0. The summed E-state index contributed by atoms with van der Waals surface area (Å²) < 4.78 is 18.3. The van der Waals surface area contributed by atoms with Gasteiger partial charge in [-0.15, -0.1) is 0 Å². The maximum Gasteiger partial charge on any atom is 0.242 e. The molecule has 2 aromatic carbocycles. The molecule has 0 atom stereocenters. The average Bonchev–Trinajstić information content (AvgIpc) is 2.46. The third-order valence-electron chi connectivity index (χ3n) is 3.16. The molecule has 0 saturated carbocycles. The first kappa shape index (κ1) is 14.8. The summed E-state index contributed by atoms with van der Waals surface area (Å²) in [6.07, 6.45) is 1.33. The molecule has 2 aromatic rings. The van der Waals surface area contributed by atoms with Crippen LogP contribution in [0.2, 0.25) is 0 Å². The van der Waals surface area contributed by atoms with Crippen molar-refractivity contribution in [1.82, 2.24) is 0 Å². The molecule has 108 valence electrons. The molecule has 3 nitrogen and oxygen atoms in total. The molecule has 2 rings (SSSR count). The van der Waals surface area contributed by atoms with E-state index in [1.807, 2.05) is 25.1 Å². The Morgan fingerprint density at radius 2 is 1.76 bits per heavy atom. The largest absolute Gasteiger partial charge is 0.496 e. The smallest absolute Gasteiger partial charge is 0.242 e. The van der Waals surface area contributed by atoms with Crippen molar-refractivity contribution in [3.05, 3.63) is 71.0 Å². The lowest BCUT2D eigenvalue weighted by Crippen LogP contribution is -2.07. The van der Waals surface area contributed by atoms with Gasteiger partial charge in [-0.05, 0) is 47.4 Å². The Morgan fingerprint density at radius 3 is 2.33 bits per heavy atom. The molecule has 21 heavy (non-hydrogen) atoms. The fourth-order valence-electron chi connectivity index (χ4n) is 2.09. The highest BCUT2D eigenvalue weighted by Gasteiger charge is 2.09. The van der Waals surface area contributed by atoms with Crippen LogP contribution in [-0.2, 0) is 4.79 Å². The predicted octanol–water partition coefficient (Wildman–Crippen LogP) is 3.06. The van der Waals surface area contributed by atoms with Crippen LogP contribution in [0.5, 0.6) is 5.75 Å². The van der Waals surface area contributed by atoms with E-state index in [-0.39, 0.29) is 5.82 Å². The highest BCUT2D eigenvalue weighted by atomic mass is 19.1. The zero-order valence-corrected chi connectivity index (χ0v) is 11.9. The van der Waals surface area contributed by atoms with Gasteiger partial charge < -0.3 is 10.5 Å². The lowest BCUT2D eigenvalue weighted by molar-refractivity contribution is -0.113. The van der Waals surface area contributed by atoms with Crippen LogP contribution < -0.4 is 10.5 Å². The lowest BCUT2D eigenvalue weighted by atomic mass is 9.96. The second kappa shape index (κ2) is 6.22. The molecule has 0 heterocycles. The molecule has 0 aromatic heterocycles. The number of primary amides is 1. The van der Waals surface area contributed by atoms with Gasteiger partial charge in [0.05, 0.1) is 7.11 Å². The van der Waals surface area contributed by atoms with E-state index in [1.165, 1.54) is 18.2 Å². The van der Waals surface area contributed by atoms with Crippen molar-refractivity contribution in [2.24, 2.45) is 5.73 Å². The van der Waals surface area contributed by atoms with Crippen molar-refractivity contribution in [2.75, 3.05) is 7.11 Å². The molecule has 0 bridgehead atoms. The van der Waals surface area contributed by atoms with Crippen LogP contribution in [0.25, 0.3) is 5.57 Å². The van der Waals surface area contributed by atoms with Crippen LogP contribution >= 0.6 is 0 Å². The monoisotopic (exact) mass is 285 g/mol. The number of carbonyl (C=O) groups excluding carboxylic acids is 1. The quantitative estimate of drug-likeness (QED) is 0.878.